The minimum absolute atomic E-state index is 0.107. The molecule has 1 aliphatic rings. The van der Waals surface area contributed by atoms with Crippen LogP contribution in [0.15, 0.2) is 48.7 Å². The molecule has 28 heavy (non-hydrogen) atoms. The van der Waals surface area contributed by atoms with Gasteiger partial charge in [0.1, 0.15) is 11.9 Å². The van der Waals surface area contributed by atoms with E-state index in [-0.39, 0.29) is 18.2 Å². The monoisotopic (exact) mass is 377 g/mol. The van der Waals surface area contributed by atoms with Gasteiger partial charge in [0.15, 0.2) is 5.82 Å². The number of benzene rings is 1. The van der Waals surface area contributed by atoms with Crippen molar-refractivity contribution >= 4 is 6.03 Å². The molecule has 0 saturated heterocycles. The second kappa shape index (κ2) is 7.34. The standard InChI is InChI=1S/C21H23N5O2/c1-13-10-14(2)26(25-13)19-9-8-16(11-22-19)12-23-21(27)24-20-15(3)28-18-7-5-4-6-17(18)20/h4-11,15,20H,12H2,1-3H3,(H2,23,24,27). The number of hydrogen-bond donors (Lipinski definition) is 2. The van der Waals surface area contributed by atoms with Gasteiger partial charge in [-0.15, -0.1) is 0 Å². The first-order valence-corrected chi connectivity index (χ1v) is 9.30. The summed E-state index contributed by atoms with van der Waals surface area (Å²) in [6, 6.07) is 13.2. The Hall–Kier alpha value is -3.35. The summed E-state index contributed by atoms with van der Waals surface area (Å²) in [7, 11) is 0. The highest BCUT2D eigenvalue weighted by Crippen LogP contribution is 2.35. The van der Waals surface area contributed by atoms with Crippen molar-refractivity contribution in [3.05, 3.63) is 71.2 Å². The second-order valence-electron chi connectivity index (χ2n) is 7.03. The molecule has 2 N–H and O–H groups in total. The third kappa shape index (κ3) is 3.55. The van der Waals surface area contributed by atoms with Crippen molar-refractivity contribution in [2.45, 2.75) is 39.5 Å². The smallest absolute Gasteiger partial charge is 0.315 e. The van der Waals surface area contributed by atoms with Crippen LogP contribution < -0.4 is 15.4 Å². The number of nitrogens with one attached hydrogen (secondary N) is 2. The maximum atomic E-state index is 12.4. The number of ether oxygens (including phenoxy) is 1. The van der Waals surface area contributed by atoms with Gasteiger partial charge < -0.3 is 15.4 Å². The maximum Gasteiger partial charge on any atom is 0.315 e. The summed E-state index contributed by atoms with van der Waals surface area (Å²) in [5, 5.41) is 10.3. The molecule has 2 unspecified atom stereocenters. The van der Waals surface area contributed by atoms with Gasteiger partial charge in [-0.25, -0.2) is 14.5 Å². The largest absolute Gasteiger partial charge is 0.488 e. The first-order valence-electron chi connectivity index (χ1n) is 9.30. The Bertz CT molecular complexity index is 996. The van der Waals surface area contributed by atoms with Crippen LogP contribution >= 0.6 is 0 Å². The van der Waals surface area contributed by atoms with Gasteiger partial charge in [-0.1, -0.05) is 24.3 Å². The fourth-order valence-corrected chi connectivity index (χ4v) is 3.44. The number of nitrogens with zero attached hydrogens (tertiary/aromatic N) is 3. The van der Waals surface area contributed by atoms with Crippen molar-refractivity contribution in [3.8, 4) is 11.6 Å². The molecule has 0 bridgehead atoms. The van der Waals surface area contributed by atoms with Gasteiger partial charge in [0.2, 0.25) is 0 Å². The number of aryl methyl sites for hydroxylation is 2. The number of para-hydroxylation sites is 1. The molecule has 4 rings (SSSR count). The summed E-state index contributed by atoms with van der Waals surface area (Å²) in [4.78, 5) is 16.8. The Kier molecular flexibility index (Phi) is 4.73. The van der Waals surface area contributed by atoms with Crippen molar-refractivity contribution in [3.63, 3.8) is 0 Å². The molecule has 0 fully saturated rings. The van der Waals surface area contributed by atoms with E-state index in [2.05, 4.69) is 20.7 Å². The number of aromatic nitrogens is 3. The summed E-state index contributed by atoms with van der Waals surface area (Å²) in [5.41, 5.74) is 3.90. The van der Waals surface area contributed by atoms with Gasteiger partial charge in [-0.2, -0.15) is 5.10 Å². The molecular formula is C21H23N5O2. The average molecular weight is 377 g/mol. The molecule has 1 aliphatic heterocycles. The van der Waals surface area contributed by atoms with Crippen molar-refractivity contribution in [1.82, 2.24) is 25.4 Å². The molecule has 1 aromatic carbocycles. The Labute approximate surface area is 163 Å². The summed E-state index contributed by atoms with van der Waals surface area (Å²) in [6.45, 7) is 6.29. The molecule has 7 heteroatoms. The van der Waals surface area contributed by atoms with Crippen molar-refractivity contribution in [2.24, 2.45) is 0 Å². The topological polar surface area (TPSA) is 81.1 Å². The zero-order valence-corrected chi connectivity index (χ0v) is 16.1. The molecule has 144 valence electrons. The highest BCUT2D eigenvalue weighted by molar-refractivity contribution is 5.75. The molecule has 7 nitrogen and oxygen atoms in total. The van der Waals surface area contributed by atoms with Gasteiger partial charge in [0.05, 0.1) is 11.7 Å². The third-order valence-corrected chi connectivity index (χ3v) is 4.81. The number of urea groups is 1. The molecule has 0 spiro atoms. The number of amides is 2. The zero-order valence-electron chi connectivity index (χ0n) is 16.1. The lowest BCUT2D eigenvalue weighted by Crippen LogP contribution is -2.40. The molecular weight excluding hydrogens is 354 g/mol. The average Bonchev–Trinajstić information content (AvgIpc) is 3.19. The van der Waals surface area contributed by atoms with E-state index in [4.69, 9.17) is 4.74 Å². The predicted octanol–water partition coefficient (Wildman–Crippen LogP) is 3.21. The van der Waals surface area contributed by atoms with E-state index in [0.29, 0.717) is 6.54 Å². The van der Waals surface area contributed by atoms with E-state index in [1.54, 1.807) is 10.9 Å². The summed E-state index contributed by atoms with van der Waals surface area (Å²) in [6.07, 6.45) is 1.65. The highest BCUT2D eigenvalue weighted by Gasteiger charge is 2.31. The number of fused-ring (bicyclic) bond motifs is 1. The molecule has 3 aromatic rings. The van der Waals surface area contributed by atoms with E-state index in [0.717, 1.165) is 34.1 Å². The van der Waals surface area contributed by atoms with Crippen molar-refractivity contribution < 1.29 is 9.53 Å². The molecule has 0 aliphatic carbocycles. The van der Waals surface area contributed by atoms with Crippen LogP contribution in [0.4, 0.5) is 4.79 Å². The summed E-state index contributed by atoms with van der Waals surface area (Å²) in [5.74, 6) is 1.58. The van der Waals surface area contributed by atoms with Crippen LogP contribution in [-0.2, 0) is 6.54 Å². The summed E-state index contributed by atoms with van der Waals surface area (Å²) < 4.78 is 7.59. The van der Waals surface area contributed by atoms with Crippen LogP contribution in [0, 0.1) is 13.8 Å². The number of carbonyl (C=O) groups excluding carboxylic acids is 1. The lowest BCUT2D eigenvalue weighted by molar-refractivity contribution is 0.199. The van der Waals surface area contributed by atoms with E-state index in [9.17, 15) is 4.79 Å². The van der Waals surface area contributed by atoms with Crippen LogP contribution in [-0.4, -0.2) is 26.9 Å². The van der Waals surface area contributed by atoms with Gasteiger partial charge in [0, 0.05) is 24.0 Å². The molecule has 2 atom stereocenters. The van der Waals surface area contributed by atoms with E-state index >= 15 is 0 Å². The van der Waals surface area contributed by atoms with Crippen molar-refractivity contribution in [2.75, 3.05) is 0 Å². The first-order chi connectivity index (χ1) is 13.5. The maximum absolute atomic E-state index is 12.4. The SMILES string of the molecule is Cc1cc(C)n(-c2ccc(CNC(=O)NC3c4ccccc4OC3C)cn2)n1. The van der Waals surface area contributed by atoms with Crippen molar-refractivity contribution in [1.29, 1.82) is 0 Å². The Morgan fingerprint density at radius 1 is 1.21 bits per heavy atom. The third-order valence-electron chi connectivity index (χ3n) is 4.81. The van der Waals surface area contributed by atoms with Crippen LogP contribution in [0.25, 0.3) is 5.82 Å². The van der Waals surface area contributed by atoms with E-state index in [1.807, 2.05) is 63.2 Å². The Morgan fingerprint density at radius 2 is 2.04 bits per heavy atom. The van der Waals surface area contributed by atoms with E-state index < -0.39 is 0 Å². The van der Waals surface area contributed by atoms with Gasteiger partial charge in [0.25, 0.3) is 0 Å². The lowest BCUT2D eigenvalue weighted by Gasteiger charge is -2.17. The molecule has 3 heterocycles. The predicted molar refractivity (Wildman–Crippen MR) is 105 cm³/mol. The van der Waals surface area contributed by atoms with Crippen LogP contribution in [0.5, 0.6) is 5.75 Å². The highest BCUT2D eigenvalue weighted by atomic mass is 16.5. The molecule has 2 aromatic heterocycles. The molecule has 0 radical (unpaired) electrons. The number of carbonyl (C=O) groups is 1. The summed E-state index contributed by atoms with van der Waals surface area (Å²) >= 11 is 0. The van der Waals surface area contributed by atoms with Crippen LogP contribution in [0.3, 0.4) is 0 Å². The zero-order chi connectivity index (χ0) is 19.7. The molecule has 2 amide bonds. The Balaban J connectivity index is 1.36. The number of hydrogen-bond acceptors (Lipinski definition) is 4. The van der Waals surface area contributed by atoms with Gasteiger partial charge in [-0.3, -0.25) is 0 Å². The minimum atomic E-state index is -0.236. The van der Waals surface area contributed by atoms with Crippen LogP contribution in [0.1, 0.15) is 35.5 Å². The normalized spacial score (nSPS) is 17.7. The number of pyridine rings is 1. The lowest BCUT2D eigenvalue weighted by atomic mass is 10.1. The molecule has 0 saturated carbocycles. The first kappa shape index (κ1) is 18.0. The minimum Gasteiger partial charge on any atom is -0.488 e. The second-order valence-corrected chi connectivity index (χ2v) is 7.03. The fraction of sp³-hybridized carbons (Fsp3) is 0.286. The van der Waals surface area contributed by atoms with Gasteiger partial charge >= 0.3 is 6.03 Å². The van der Waals surface area contributed by atoms with Gasteiger partial charge in [-0.05, 0) is 44.5 Å². The van der Waals surface area contributed by atoms with E-state index in [1.165, 1.54) is 0 Å². The quantitative estimate of drug-likeness (QED) is 0.732. The Morgan fingerprint density at radius 3 is 2.75 bits per heavy atom. The fourth-order valence-electron chi connectivity index (χ4n) is 3.44. The number of rotatable bonds is 4. The van der Waals surface area contributed by atoms with Crippen LogP contribution in [0.2, 0.25) is 0 Å².